The highest BCUT2D eigenvalue weighted by atomic mass is 16.3. The maximum Gasteiger partial charge on any atom is 0.0681 e. The molecule has 1 N–H and O–H groups in total. The van der Waals surface area contributed by atoms with Crippen molar-refractivity contribution in [3.63, 3.8) is 0 Å². The summed E-state index contributed by atoms with van der Waals surface area (Å²) in [6.45, 7) is 4.17. The van der Waals surface area contributed by atoms with E-state index in [1.165, 1.54) is 24.9 Å². The van der Waals surface area contributed by atoms with Crippen LogP contribution >= 0.6 is 0 Å². The minimum atomic E-state index is -0.402. The monoisotopic (exact) mass is 247 g/mol. The van der Waals surface area contributed by atoms with Gasteiger partial charge in [-0.05, 0) is 31.4 Å². The zero-order valence-electron chi connectivity index (χ0n) is 11.4. The van der Waals surface area contributed by atoms with E-state index in [2.05, 4.69) is 42.2 Å². The summed E-state index contributed by atoms with van der Waals surface area (Å²) in [4.78, 5) is 2.38. The van der Waals surface area contributed by atoms with Crippen molar-refractivity contribution in [1.82, 2.24) is 0 Å². The van der Waals surface area contributed by atoms with Gasteiger partial charge in [0.15, 0.2) is 0 Å². The molecule has 0 aromatic heterocycles. The largest absolute Gasteiger partial charge is 0.390 e. The molecular weight excluding hydrogens is 222 g/mol. The maximum absolute atomic E-state index is 10.5. The van der Waals surface area contributed by atoms with Crippen molar-refractivity contribution in [3.8, 4) is 0 Å². The first-order valence-electron chi connectivity index (χ1n) is 7.26. The van der Waals surface area contributed by atoms with E-state index in [0.717, 1.165) is 32.4 Å². The minimum absolute atomic E-state index is 0.402. The van der Waals surface area contributed by atoms with E-state index in [1.54, 1.807) is 0 Å². The van der Waals surface area contributed by atoms with Crippen LogP contribution in [-0.2, 0) is 0 Å². The lowest BCUT2D eigenvalue weighted by atomic mass is 9.86. The Morgan fingerprint density at radius 3 is 2.39 bits per heavy atom. The van der Waals surface area contributed by atoms with E-state index in [4.69, 9.17) is 0 Å². The highest BCUT2D eigenvalue weighted by Crippen LogP contribution is 2.30. The van der Waals surface area contributed by atoms with Crippen molar-refractivity contribution in [1.29, 1.82) is 0 Å². The second-order valence-corrected chi connectivity index (χ2v) is 5.50. The average Bonchev–Trinajstić information content (AvgIpc) is 2.41. The summed E-state index contributed by atoms with van der Waals surface area (Å²) >= 11 is 0. The van der Waals surface area contributed by atoms with Gasteiger partial charge in [-0.3, -0.25) is 0 Å². The van der Waals surface area contributed by atoms with Crippen LogP contribution in [-0.4, -0.2) is 23.8 Å². The number of para-hydroxylation sites is 1. The molecule has 0 unspecified atom stereocenters. The standard InChI is InChI=1S/C16H25NO/c1-2-3-7-10-16(18)11-13-17(14-12-16)15-8-5-4-6-9-15/h4-6,8-9,18H,2-3,7,10-14H2,1H3. The van der Waals surface area contributed by atoms with Gasteiger partial charge in [-0.1, -0.05) is 44.4 Å². The molecule has 1 aliphatic rings. The lowest BCUT2D eigenvalue weighted by Gasteiger charge is -2.39. The van der Waals surface area contributed by atoms with Crippen molar-refractivity contribution < 1.29 is 5.11 Å². The molecule has 1 aromatic carbocycles. The lowest BCUT2D eigenvalue weighted by Crippen LogP contribution is -2.44. The second-order valence-electron chi connectivity index (χ2n) is 5.50. The molecule has 1 aliphatic heterocycles. The molecule has 0 amide bonds. The molecule has 1 fully saturated rings. The lowest BCUT2D eigenvalue weighted by molar-refractivity contribution is 0.00580. The molecule has 2 heteroatoms. The minimum Gasteiger partial charge on any atom is -0.390 e. The molecule has 1 aromatic rings. The summed E-state index contributed by atoms with van der Waals surface area (Å²) in [6, 6.07) is 10.5. The number of rotatable bonds is 5. The third-order valence-corrected chi connectivity index (χ3v) is 4.06. The van der Waals surface area contributed by atoms with E-state index in [1.807, 2.05) is 0 Å². The topological polar surface area (TPSA) is 23.5 Å². The molecule has 1 heterocycles. The van der Waals surface area contributed by atoms with Crippen LogP contribution in [0.15, 0.2) is 30.3 Å². The van der Waals surface area contributed by atoms with Gasteiger partial charge in [-0.25, -0.2) is 0 Å². The zero-order chi connectivity index (χ0) is 12.8. The second kappa shape index (κ2) is 6.24. The average molecular weight is 247 g/mol. The molecule has 2 rings (SSSR count). The molecule has 18 heavy (non-hydrogen) atoms. The highest BCUT2D eigenvalue weighted by Gasteiger charge is 2.31. The summed E-state index contributed by atoms with van der Waals surface area (Å²) in [6.07, 6.45) is 6.43. The molecule has 0 saturated carbocycles. The van der Waals surface area contributed by atoms with Crippen LogP contribution in [0.3, 0.4) is 0 Å². The fourth-order valence-corrected chi connectivity index (χ4v) is 2.77. The number of benzene rings is 1. The fraction of sp³-hybridized carbons (Fsp3) is 0.625. The zero-order valence-corrected chi connectivity index (χ0v) is 11.4. The Morgan fingerprint density at radius 1 is 1.11 bits per heavy atom. The van der Waals surface area contributed by atoms with Gasteiger partial charge in [0.25, 0.3) is 0 Å². The first kappa shape index (κ1) is 13.4. The van der Waals surface area contributed by atoms with Crippen molar-refractivity contribution in [2.24, 2.45) is 0 Å². The van der Waals surface area contributed by atoms with Crippen LogP contribution in [0.25, 0.3) is 0 Å². The molecular formula is C16H25NO. The van der Waals surface area contributed by atoms with Gasteiger partial charge in [0, 0.05) is 18.8 Å². The Kier molecular flexibility index (Phi) is 4.65. The van der Waals surface area contributed by atoms with Gasteiger partial charge in [0.1, 0.15) is 0 Å². The normalized spacial score (nSPS) is 18.9. The Hall–Kier alpha value is -1.02. The number of unbranched alkanes of at least 4 members (excludes halogenated alkanes) is 2. The first-order valence-corrected chi connectivity index (χ1v) is 7.26. The van der Waals surface area contributed by atoms with Crippen molar-refractivity contribution in [2.75, 3.05) is 18.0 Å². The molecule has 0 radical (unpaired) electrons. The van der Waals surface area contributed by atoms with E-state index in [9.17, 15) is 5.11 Å². The predicted molar refractivity (Wildman–Crippen MR) is 77.0 cm³/mol. The number of nitrogens with zero attached hydrogens (tertiary/aromatic N) is 1. The van der Waals surface area contributed by atoms with Gasteiger partial charge in [-0.15, -0.1) is 0 Å². The Morgan fingerprint density at radius 2 is 1.78 bits per heavy atom. The summed E-state index contributed by atoms with van der Waals surface area (Å²) < 4.78 is 0. The number of anilines is 1. The quantitative estimate of drug-likeness (QED) is 0.804. The van der Waals surface area contributed by atoms with Crippen molar-refractivity contribution >= 4 is 5.69 Å². The SMILES string of the molecule is CCCCCC1(O)CCN(c2ccccc2)CC1. The number of hydrogen-bond acceptors (Lipinski definition) is 2. The Bertz CT molecular complexity index is 341. The smallest absolute Gasteiger partial charge is 0.0681 e. The fourth-order valence-electron chi connectivity index (χ4n) is 2.77. The highest BCUT2D eigenvalue weighted by molar-refractivity contribution is 5.46. The van der Waals surface area contributed by atoms with Crippen molar-refractivity contribution in [2.45, 2.75) is 51.0 Å². The van der Waals surface area contributed by atoms with E-state index in [0.29, 0.717) is 0 Å². The van der Waals surface area contributed by atoms with Gasteiger partial charge >= 0.3 is 0 Å². The third kappa shape index (κ3) is 3.49. The van der Waals surface area contributed by atoms with Crippen LogP contribution in [0.5, 0.6) is 0 Å². The molecule has 0 aliphatic carbocycles. The van der Waals surface area contributed by atoms with Crippen LogP contribution in [0.2, 0.25) is 0 Å². The van der Waals surface area contributed by atoms with E-state index >= 15 is 0 Å². The van der Waals surface area contributed by atoms with E-state index in [-0.39, 0.29) is 0 Å². The molecule has 2 nitrogen and oxygen atoms in total. The number of piperidine rings is 1. The summed E-state index contributed by atoms with van der Waals surface area (Å²) in [5, 5.41) is 10.5. The van der Waals surface area contributed by atoms with Gasteiger partial charge in [0.05, 0.1) is 5.60 Å². The summed E-state index contributed by atoms with van der Waals surface area (Å²) in [5.74, 6) is 0. The molecule has 0 spiro atoms. The van der Waals surface area contributed by atoms with E-state index < -0.39 is 5.60 Å². The van der Waals surface area contributed by atoms with Gasteiger partial charge in [0.2, 0.25) is 0 Å². The Labute approximate surface area is 111 Å². The van der Waals surface area contributed by atoms with Crippen LogP contribution in [0, 0.1) is 0 Å². The number of hydrogen-bond donors (Lipinski definition) is 1. The van der Waals surface area contributed by atoms with Crippen LogP contribution in [0.1, 0.15) is 45.4 Å². The third-order valence-electron chi connectivity index (χ3n) is 4.06. The van der Waals surface area contributed by atoms with Crippen LogP contribution in [0.4, 0.5) is 5.69 Å². The summed E-state index contributed by atoms with van der Waals surface area (Å²) in [7, 11) is 0. The predicted octanol–water partition coefficient (Wildman–Crippen LogP) is 3.60. The molecule has 1 saturated heterocycles. The van der Waals surface area contributed by atoms with Crippen molar-refractivity contribution in [3.05, 3.63) is 30.3 Å². The number of aliphatic hydroxyl groups is 1. The summed E-state index contributed by atoms with van der Waals surface area (Å²) in [5.41, 5.74) is 0.883. The first-order chi connectivity index (χ1) is 8.73. The van der Waals surface area contributed by atoms with Crippen LogP contribution < -0.4 is 4.90 Å². The Balaban J connectivity index is 1.84. The molecule has 100 valence electrons. The van der Waals surface area contributed by atoms with Gasteiger partial charge in [-0.2, -0.15) is 0 Å². The van der Waals surface area contributed by atoms with Gasteiger partial charge < -0.3 is 10.0 Å². The molecule has 0 bridgehead atoms. The maximum atomic E-state index is 10.5. The molecule has 0 atom stereocenters.